The van der Waals surface area contributed by atoms with Crippen molar-refractivity contribution in [2.24, 2.45) is 5.92 Å². The standard InChI is InChI=1S/C20H29N5O3.2ClH/c1-11(2)10-25-17-16(18(26)23-20(25)28)14(8-15(22-17)12(3)4)19(27)24(5)13-6-7-21-9-13;;/h8,11-13,21H,6-7,9-10H2,1-5H3,(H,23,26,28);2*1H. The number of carbonyl (C=O) groups excluding carboxylic acids is 1. The zero-order valence-electron chi connectivity index (χ0n) is 18.0. The van der Waals surface area contributed by atoms with Crippen molar-refractivity contribution < 1.29 is 4.79 Å². The van der Waals surface area contributed by atoms with Gasteiger partial charge in [-0.1, -0.05) is 27.7 Å². The monoisotopic (exact) mass is 459 g/mol. The predicted molar refractivity (Wildman–Crippen MR) is 123 cm³/mol. The summed E-state index contributed by atoms with van der Waals surface area (Å²) in [5.74, 6) is 0.0160. The molecule has 0 bridgehead atoms. The van der Waals surface area contributed by atoms with Gasteiger partial charge < -0.3 is 10.2 Å². The van der Waals surface area contributed by atoms with E-state index >= 15 is 0 Å². The molecule has 1 aliphatic rings. The number of rotatable bonds is 5. The number of carbonyl (C=O) groups is 1. The molecule has 1 saturated heterocycles. The normalized spacial score (nSPS) is 15.9. The number of nitrogens with one attached hydrogen (secondary N) is 2. The Morgan fingerprint density at radius 2 is 1.93 bits per heavy atom. The van der Waals surface area contributed by atoms with Crippen molar-refractivity contribution >= 4 is 41.8 Å². The maximum absolute atomic E-state index is 13.3. The number of likely N-dealkylation sites (N-methyl/N-ethyl adjacent to an activating group) is 1. The van der Waals surface area contributed by atoms with E-state index in [2.05, 4.69) is 15.3 Å². The van der Waals surface area contributed by atoms with E-state index in [-0.39, 0.29) is 59.6 Å². The minimum atomic E-state index is -0.566. The minimum absolute atomic E-state index is 0. The van der Waals surface area contributed by atoms with Crippen LogP contribution in [-0.2, 0) is 6.54 Å². The average molecular weight is 460 g/mol. The van der Waals surface area contributed by atoms with Gasteiger partial charge in [-0.3, -0.25) is 19.1 Å². The van der Waals surface area contributed by atoms with Crippen LogP contribution in [0.2, 0.25) is 0 Å². The number of hydrogen-bond acceptors (Lipinski definition) is 5. The highest BCUT2D eigenvalue weighted by Crippen LogP contribution is 2.22. The topological polar surface area (TPSA) is 100 Å². The number of fused-ring (bicyclic) bond motifs is 1. The summed E-state index contributed by atoms with van der Waals surface area (Å²) in [6, 6.07) is 1.78. The summed E-state index contributed by atoms with van der Waals surface area (Å²) < 4.78 is 1.47. The lowest BCUT2D eigenvalue weighted by molar-refractivity contribution is 0.0745. The van der Waals surface area contributed by atoms with Gasteiger partial charge in [-0.05, 0) is 30.9 Å². The van der Waals surface area contributed by atoms with Crippen molar-refractivity contribution in [2.45, 2.75) is 52.6 Å². The Bertz CT molecular complexity index is 1010. The molecule has 2 aromatic rings. The van der Waals surface area contributed by atoms with Crippen molar-refractivity contribution in [3.63, 3.8) is 0 Å². The first-order chi connectivity index (χ1) is 13.2. The number of amides is 1. The van der Waals surface area contributed by atoms with E-state index in [0.29, 0.717) is 17.8 Å². The molecule has 3 heterocycles. The molecular weight excluding hydrogens is 429 g/mol. The van der Waals surface area contributed by atoms with Crippen LogP contribution in [0.15, 0.2) is 15.7 Å². The van der Waals surface area contributed by atoms with Gasteiger partial charge in [0.25, 0.3) is 11.5 Å². The third-order valence-corrected chi connectivity index (χ3v) is 5.24. The zero-order chi connectivity index (χ0) is 20.6. The van der Waals surface area contributed by atoms with E-state index in [1.165, 1.54) is 4.57 Å². The molecule has 1 fully saturated rings. The molecule has 30 heavy (non-hydrogen) atoms. The fraction of sp³-hybridized carbons (Fsp3) is 0.600. The van der Waals surface area contributed by atoms with E-state index in [1.807, 2.05) is 27.7 Å². The molecule has 0 radical (unpaired) electrons. The highest BCUT2D eigenvalue weighted by molar-refractivity contribution is 6.05. The Morgan fingerprint density at radius 1 is 1.27 bits per heavy atom. The summed E-state index contributed by atoms with van der Waals surface area (Å²) in [5, 5.41) is 3.44. The zero-order valence-corrected chi connectivity index (χ0v) is 19.7. The summed E-state index contributed by atoms with van der Waals surface area (Å²) in [6.45, 7) is 9.94. The summed E-state index contributed by atoms with van der Waals surface area (Å²) in [6.07, 6.45) is 0.872. The number of halogens is 2. The van der Waals surface area contributed by atoms with Crippen LogP contribution in [0.4, 0.5) is 0 Å². The number of aromatic amines is 1. The van der Waals surface area contributed by atoms with Crippen molar-refractivity contribution in [3.05, 3.63) is 38.2 Å². The Labute approximate surface area is 188 Å². The third kappa shape index (κ3) is 5.04. The van der Waals surface area contributed by atoms with Crippen LogP contribution < -0.4 is 16.6 Å². The number of hydrogen-bond donors (Lipinski definition) is 2. The van der Waals surface area contributed by atoms with E-state index in [4.69, 9.17) is 0 Å². The third-order valence-electron chi connectivity index (χ3n) is 5.24. The smallest absolute Gasteiger partial charge is 0.330 e. The lowest BCUT2D eigenvalue weighted by Crippen LogP contribution is -2.40. The molecule has 0 saturated carbocycles. The maximum atomic E-state index is 13.3. The second kappa shape index (κ2) is 10.4. The number of nitrogens with zero attached hydrogens (tertiary/aromatic N) is 3. The van der Waals surface area contributed by atoms with Gasteiger partial charge >= 0.3 is 5.69 Å². The number of H-pyrrole nitrogens is 1. The Balaban J connectivity index is 0.00000225. The number of pyridine rings is 1. The summed E-state index contributed by atoms with van der Waals surface area (Å²) in [5.41, 5.74) is 0.226. The molecule has 3 rings (SSSR count). The quantitative estimate of drug-likeness (QED) is 0.712. The average Bonchev–Trinajstić information content (AvgIpc) is 3.17. The van der Waals surface area contributed by atoms with Crippen molar-refractivity contribution in [3.8, 4) is 0 Å². The van der Waals surface area contributed by atoms with Gasteiger partial charge in [-0.15, -0.1) is 24.8 Å². The SMILES string of the molecule is CC(C)Cn1c(=O)[nH]c(=O)c2c(C(=O)N(C)C3CCNC3)cc(C(C)C)nc21.Cl.Cl. The van der Waals surface area contributed by atoms with Crippen LogP contribution in [0, 0.1) is 5.92 Å². The fourth-order valence-electron chi connectivity index (χ4n) is 3.62. The van der Waals surface area contributed by atoms with Gasteiger partial charge in [0.05, 0.1) is 10.9 Å². The maximum Gasteiger partial charge on any atom is 0.330 e. The van der Waals surface area contributed by atoms with Crippen LogP contribution in [0.25, 0.3) is 11.0 Å². The Hall–Kier alpha value is -1.90. The van der Waals surface area contributed by atoms with Gasteiger partial charge in [0, 0.05) is 31.9 Å². The second-order valence-electron chi connectivity index (χ2n) is 8.27. The van der Waals surface area contributed by atoms with Crippen molar-refractivity contribution in [1.29, 1.82) is 0 Å². The van der Waals surface area contributed by atoms with Gasteiger partial charge in [-0.2, -0.15) is 0 Å². The fourth-order valence-corrected chi connectivity index (χ4v) is 3.62. The lowest BCUT2D eigenvalue weighted by atomic mass is 10.0. The largest absolute Gasteiger partial charge is 0.337 e. The highest BCUT2D eigenvalue weighted by Gasteiger charge is 2.28. The molecule has 1 aliphatic heterocycles. The molecule has 2 N–H and O–H groups in total. The van der Waals surface area contributed by atoms with E-state index in [0.717, 1.165) is 19.5 Å². The molecule has 0 spiro atoms. The van der Waals surface area contributed by atoms with E-state index < -0.39 is 11.2 Å². The van der Waals surface area contributed by atoms with Gasteiger partial charge in [0.1, 0.15) is 0 Å². The molecule has 10 heteroatoms. The molecule has 0 aliphatic carbocycles. The summed E-state index contributed by atoms with van der Waals surface area (Å²) in [7, 11) is 1.76. The van der Waals surface area contributed by atoms with Crippen LogP contribution >= 0.6 is 24.8 Å². The van der Waals surface area contributed by atoms with Crippen LogP contribution in [-0.4, -0.2) is 51.5 Å². The molecule has 1 atom stereocenters. The molecule has 1 amide bonds. The predicted octanol–water partition coefficient (Wildman–Crippen LogP) is 2.14. The molecule has 168 valence electrons. The van der Waals surface area contributed by atoms with Crippen LogP contribution in [0.5, 0.6) is 0 Å². The highest BCUT2D eigenvalue weighted by atomic mass is 35.5. The lowest BCUT2D eigenvalue weighted by Gasteiger charge is -2.25. The van der Waals surface area contributed by atoms with Crippen molar-refractivity contribution in [2.75, 3.05) is 20.1 Å². The Morgan fingerprint density at radius 3 is 2.47 bits per heavy atom. The second-order valence-corrected chi connectivity index (χ2v) is 8.27. The molecule has 0 aromatic carbocycles. The summed E-state index contributed by atoms with van der Waals surface area (Å²) >= 11 is 0. The minimum Gasteiger partial charge on any atom is -0.337 e. The summed E-state index contributed by atoms with van der Waals surface area (Å²) in [4.78, 5) is 47.1. The molecule has 2 aromatic heterocycles. The van der Waals surface area contributed by atoms with Gasteiger partial charge in [-0.25, -0.2) is 9.78 Å². The first-order valence-electron chi connectivity index (χ1n) is 9.86. The Kier molecular flexibility index (Phi) is 9.07. The molecule has 8 nitrogen and oxygen atoms in total. The van der Waals surface area contributed by atoms with Crippen LogP contribution in [0.3, 0.4) is 0 Å². The molecule has 1 unspecified atom stereocenters. The van der Waals surface area contributed by atoms with Crippen molar-refractivity contribution in [1.82, 2.24) is 24.8 Å². The first-order valence-corrected chi connectivity index (χ1v) is 9.86. The first kappa shape index (κ1) is 26.1. The van der Waals surface area contributed by atoms with Crippen LogP contribution in [0.1, 0.15) is 56.1 Å². The van der Waals surface area contributed by atoms with E-state index in [1.54, 1.807) is 18.0 Å². The number of aromatic nitrogens is 3. The molecular formula is C20H31Cl2N5O3. The van der Waals surface area contributed by atoms with Gasteiger partial charge in [0.2, 0.25) is 0 Å². The van der Waals surface area contributed by atoms with E-state index in [9.17, 15) is 14.4 Å². The van der Waals surface area contributed by atoms with Gasteiger partial charge in [0.15, 0.2) is 5.65 Å².